The molecule has 1 saturated heterocycles. The number of morpholine rings is 1. The number of anilines is 2. The average molecular weight is 338 g/mol. The SMILES string of the molecule is Cc1ccccc1C(=O)Nc1nc(N2CCOCC2)c2[nH]cnc2n1. The van der Waals surface area contributed by atoms with E-state index in [1.54, 1.807) is 12.4 Å². The smallest absolute Gasteiger partial charge is 0.258 e. The minimum absolute atomic E-state index is 0.235. The highest BCUT2D eigenvalue weighted by Crippen LogP contribution is 2.23. The summed E-state index contributed by atoms with van der Waals surface area (Å²) < 4.78 is 5.40. The van der Waals surface area contributed by atoms with Gasteiger partial charge < -0.3 is 14.6 Å². The van der Waals surface area contributed by atoms with Crippen LogP contribution in [0.1, 0.15) is 15.9 Å². The third kappa shape index (κ3) is 3.03. The van der Waals surface area contributed by atoms with Gasteiger partial charge in [-0.15, -0.1) is 0 Å². The lowest BCUT2D eigenvalue weighted by atomic mass is 10.1. The summed E-state index contributed by atoms with van der Waals surface area (Å²) in [5.74, 6) is 0.737. The van der Waals surface area contributed by atoms with Crippen molar-refractivity contribution in [3.63, 3.8) is 0 Å². The van der Waals surface area contributed by atoms with Crippen LogP contribution in [0.25, 0.3) is 11.2 Å². The monoisotopic (exact) mass is 338 g/mol. The number of benzene rings is 1. The van der Waals surface area contributed by atoms with Crippen molar-refractivity contribution in [1.82, 2.24) is 19.9 Å². The predicted octanol–water partition coefficient (Wildman–Crippen LogP) is 1.75. The summed E-state index contributed by atoms with van der Waals surface area (Å²) in [4.78, 5) is 30.8. The molecule has 2 aromatic heterocycles. The van der Waals surface area contributed by atoms with E-state index in [9.17, 15) is 4.79 Å². The second kappa shape index (κ2) is 6.48. The molecule has 4 rings (SSSR count). The average Bonchev–Trinajstić information content (AvgIpc) is 3.10. The van der Waals surface area contributed by atoms with Gasteiger partial charge >= 0.3 is 0 Å². The Labute approximate surface area is 144 Å². The number of hydrogen-bond donors (Lipinski definition) is 2. The molecule has 1 aromatic carbocycles. The van der Waals surface area contributed by atoms with Crippen molar-refractivity contribution in [3.05, 3.63) is 41.7 Å². The van der Waals surface area contributed by atoms with Crippen LogP contribution >= 0.6 is 0 Å². The van der Waals surface area contributed by atoms with Crippen molar-refractivity contribution < 1.29 is 9.53 Å². The van der Waals surface area contributed by atoms with Crippen molar-refractivity contribution in [2.75, 3.05) is 36.5 Å². The number of ether oxygens (including phenoxy) is 1. The van der Waals surface area contributed by atoms with Gasteiger partial charge in [0.15, 0.2) is 11.5 Å². The molecule has 2 N–H and O–H groups in total. The van der Waals surface area contributed by atoms with Gasteiger partial charge in [-0.25, -0.2) is 4.98 Å². The number of aromatic nitrogens is 4. The molecule has 0 saturated carbocycles. The molecule has 1 aliphatic rings. The van der Waals surface area contributed by atoms with Crippen molar-refractivity contribution in [2.24, 2.45) is 0 Å². The Morgan fingerprint density at radius 3 is 2.84 bits per heavy atom. The molecule has 0 atom stereocenters. The van der Waals surface area contributed by atoms with E-state index in [0.717, 1.165) is 30.0 Å². The number of carbonyl (C=O) groups excluding carboxylic acids is 1. The number of nitrogens with zero attached hydrogens (tertiary/aromatic N) is 4. The molecule has 8 nitrogen and oxygen atoms in total. The van der Waals surface area contributed by atoms with Crippen LogP contribution in [-0.2, 0) is 4.74 Å². The second-order valence-electron chi connectivity index (χ2n) is 5.84. The van der Waals surface area contributed by atoms with E-state index in [2.05, 4.69) is 30.2 Å². The molecule has 0 spiro atoms. The van der Waals surface area contributed by atoms with Gasteiger partial charge in [-0.1, -0.05) is 18.2 Å². The Bertz CT molecular complexity index is 916. The number of H-pyrrole nitrogens is 1. The minimum Gasteiger partial charge on any atom is -0.378 e. The van der Waals surface area contributed by atoms with Crippen molar-refractivity contribution >= 4 is 28.8 Å². The van der Waals surface area contributed by atoms with Crippen molar-refractivity contribution in [2.45, 2.75) is 6.92 Å². The molecule has 1 aliphatic heterocycles. The Morgan fingerprint density at radius 1 is 1.24 bits per heavy atom. The standard InChI is InChI=1S/C17H18N6O2/c1-11-4-2-3-5-12(11)16(24)22-17-20-14-13(18-10-19-14)15(21-17)23-6-8-25-9-7-23/h2-5,10H,6-9H2,1H3,(H2,18,19,20,21,22,24). The largest absolute Gasteiger partial charge is 0.378 e. The fourth-order valence-electron chi connectivity index (χ4n) is 2.87. The zero-order valence-corrected chi connectivity index (χ0v) is 13.8. The molecule has 0 radical (unpaired) electrons. The first-order valence-electron chi connectivity index (χ1n) is 8.13. The number of carbonyl (C=O) groups is 1. The second-order valence-corrected chi connectivity index (χ2v) is 5.84. The van der Waals surface area contributed by atoms with Crippen LogP contribution in [0.5, 0.6) is 0 Å². The molecule has 3 heterocycles. The van der Waals surface area contributed by atoms with Crippen LogP contribution < -0.4 is 10.2 Å². The molecular formula is C17H18N6O2. The van der Waals surface area contributed by atoms with Crippen LogP contribution in [0, 0.1) is 6.92 Å². The van der Waals surface area contributed by atoms with Gasteiger partial charge in [-0.05, 0) is 18.6 Å². The number of aryl methyl sites for hydroxylation is 1. The fourth-order valence-corrected chi connectivity index (χ4v) is 2.87. The summed E-state index contributed by atoms with van der Waals surface area (Å²) in [5.41, 5.74) is 2.78. The van der Waals surface area contributed by atoms with Crippen molar-refractivity contribution in [1.29, 1.82) is 0 Å². The number of amides is 1. The fraction of sp³-hybridized carbons (Fsp3) is 0.294. The van der Waals surface area contributed by atoms with Crippen LogP contribution in [0.3, 0.4) is 0 Å². The van der Waals surface area contributed by atoms with Crippen LogP contribution in [-0.4, -0.2) is 52.1 Å². The first kappa shape index (κ1) is 15.5. The van der Waals surface area contributed by atoms with E-state index in [1.165, 1.54) is 0 Å². The summed E-state index contributed by atoms with van der Waals surface area (Å²) in [5, 5.41) is 2.79. The number of rotatable bonds is 3. The van der Waals surface area contributed by atoms with Gasteiger partial charge in [-0.3, -0.25) is 10.1 Å². The molecule has 25 heavy (non-hydrogen) atoms. The maximum absolute atomic E-state index is 12.5. The number of hydrogen-bond acceptors (Lipinski definition) is 6. The lowest BCUT2D eigenvalue weighted by molar-refractivity contribution is 0.102. The molecule has 8 heteroatoms. The number of aromatic amines is 1. The Balaban J connectivity index is 1.68. The molecule has 1 fully saturated rings. The van der Waals surface area contributed by atoms with Crippen LogP contribution in [0.4, 0.5) is 11.8 Å². The quantitative estimate of drug-likeness (QED) is 0.755. The molecule has 0 unspecified atom stereocenters. The maximum Gasteiger partial charge on any atom is 0.258 e. The summed E-state index contributed by atoms with van der Waals surface area (Å²) in [6.45, 7) is 4.65. The Kier molecular flexibility index (Phi) is 4.02. The summed E-state index contributed by atoms with van der Waals surface area (Å²) in [6.07, 6.45) is 1.58. The van der Waals surface area contributed by atoms with E-state index < -0.39 is 0 Å². The van der Waals surface area contributed by atoms with Gasteiger partial charge in [0.1, 0.15) is 5.52 Å². The molecule has 128 valence electrons. The van der Waals surface area contributed by atoms with Gasteiger partial charge in [0.25, 0.3) is 5.91 Å². The molecular weight excluding hydrogens is 320 g/mol. The highest BCUT2D eigenvalue weighted by atomic mass is 16.5. The highest BCUT2D eigenvalue weighted by molar-refractivity contribution is 6.04. The normalized spacial score (nSPS) is 14.7. The first-order chi connectivity index (χ1) is 12.2. The Morgan fingerprint density at radius 2 is 2.04 bits per heavy atom. The lowest BCUT2D eigenvalue weighted by Gasteiger charge is -2.28. The maximum atomic E-state index is 12.5. The number of nitrogens with one attached hydrogen (secondary N) is 2. The zero-order valence-electron chi connectivity index (χ0n) is 13.8. The van der Waals surface area contributed by atoms with Gasteiger partial charge in [0, 0.05) is 18.7 Å². The topological polar surface area (TPSA) is 96.0 Å². The van der Waals surface area contributed by atoms with E-state index in [0.29, 0.717) is 24.4 Å². The molecule has 3 aromatic rings. The number of fused-ring (bicyclic) bond motifs is 1. The van der Waals surface area contributed by atoms with E-state index in [1.807, 2.05) is 25.1 Å². The van der Waals surface area contributed by atoms with E-state index in [-0.39, 0.29) is 11.9 Å². The molecule has 0 aliphatic carbocycles. The third-order valence-corrected chi connectivity index (χ3v) is 4.19. The molecule has 1 amide bonds. The summed E-state index contributed by atoms with van der Waals surface area (Å²) in [6, 6.07) is 7.40. The molecule has 0 bridgehead atoms. The van der Waals surface area contributed by atoms with Gasteiger partial charge in [-0.2, -0.15) is 9.97 Å². The van der Waals surface area contributed by atoms with Gasteiger partial charge in [0.2, 0.25) is 5.95 Å². The highest BCUT2D eigenvalue weighted by Gasteiger charge is 2.20. The van der Waals surface area contributed by atoms with Gasteiger partial charge in [0.05, 0.1) is 19.5 Å². The summed E-state index contributed by atoms with van der Waals surface area (Å²) in [7, 11) is 0. The summed E-state index contributed by atoms with van der Waals surface area (Å²) >= 11 is 0. The van der Waals surface area contributed by atoms with E-state index >= 15 is 0 Å². The van der Waals surface area contributed by atoms with Crippen LogP contribution in [0.15, 0.2) is 30.6 Å². The first-order valence-corrected chi connectivity index (χ1v) is 8.13. The minimum atomic E-state index is -0.235. The zero-order chi connectivity index (χ0) is 17.2. The van der Waals surface area contributed by atoms with Crippen LogP contribution in [0.2, 0.25) is 0 Å². The van der Waals surface area contributed by atoms with Crippen molar-refractivity contribution in [3.8, 4) is 0 Å². The Hall–Kier alpha value is -3.00. The third-order valence-electron chi connectivity index (χ3n) is 4.19. The lowest BCUT2D eigenvalue weighted by Crippen LogP contribution is -2.37. The van der Waals surface area contributed by atoms with E-state index in [4.69, 9.17) is 4.74 Å². The predicted molar refractivity (Wildman–Crippen MR) is 93.8 cm³/mol. The number of imidazole rings is 1.